The fraction of sp³-hybridized carbons (Fsp3) is 0.944. The van der Waals surface area contributed by atoms with E-state index in [2.05, 4.69) is 24.0 Å². The van der Waals surface area contributed by atoms with Crippen molar-refractivity contribution in [2.45, 2.75) is 104 Å². The summed E-state index contributed by atoms with van der Waals surface area (Å²) in [6.45, 7) is 4.41. The van der Waals surface area contributed by atoms with Gasteiger partial charge in [0.05, 0.1) is 5.92 Å². The zero-order chi connectivity index (χ0) is 16.5. The molecule has 4 nitrogen and oxygen atoms in total. The third-order valence-electron chi connectivity index (χ3n) is 4.27. The third kappa shape index (κ3) is 12.8. The Kier molecular flexibility index (Phi) is 15.7. The molecule has 0 saturated carbocycles. The van der Waals surface area contributed by atoms with Crippen LogP contribution in [-0.2, 0) is 9.63 Å². The van der Waals surface area contributed by atoms with Crippen LogP contribution in [0.4, 0.5) is 0 Å². The fourth-order valence-corrected chi connectivity index (χ4v) is 2.83. The predicted molar refractivity (Wildman–Crippen MR) is 91.4 cm³/mol. The summed E-state index contributed by atoms with van der Waals surface area (Å²) in [6, 6.07) is 0. The summed E-state index contributed by atoms with van der Waals surface area (Å²) in [6.07, 6.45) is 16.2. The lowest BCUT2D eigenvalue weighted by Gasteiger charge is -2.13. The minimum Gasteiger partial charge on any atom is -0.284 e. The van der Waals surface area contributed by atoms with E-state index in [1.54, 1.807) is 0 Å². The molecular formula is C18H35NO3. The molecule has 22 heavy (non-hydrogen) atoms. The number of nitrogens with zero attached hydrogens (tertiary/aromatic N) is 1. The Bertz CT molecular complexity index is 253. The Labute approximate surface area is 136 Å². The van der Waals surface area contributed by atoms with E-state index in [4.69, 9.17) is 0 Å². The summed E-state index contributed by atoms with van der Waals surface area (Å²) in [7, 11) is 0. The van der Waals surface area contributed by atoms with Gasteiger partial charge in [-0.1, -0.05) is 90.9 Å². The Morgan fingerprint density at radius 3 is 1.59 bits per heavy atom. The number of hydrogen-bond donors (Lipinski definition) is 0. The summed E-state index contributed by atoms with van der Waals surface area (Å²) < 4.78 is 0. The minimum absolute atomic E-state index is 0.143. The first-order chi connectivity index (χ1) is 10.8. The summed E-state index contributed by atoms with van der Waals surface area (Å²) in [5.74, 6) is -0.577. The van der Waals surface area contributed by atoms with E-state index >= 15 is 0 Å². The van der Waals surface area contributed by atoms with Gasteiger partial charge in [0, 0.05) is 0 Å². The number of carbonyl (C=O) groups excluding carboxylic acids is 1. The van der Waals surface area contributed by atoms with Crippen LogP contribution in [0.15, 0.2) is 5.34 Å². The van der Waals surface area contributed by atoms with Gasteiger partial charge in [0.25, 0.3) is 0 Å². The smallest absolute Gasteiger partial charge is 0.284 e. The Balaban J connectivity index is 3.84. The highest BCUT2D eigenvalue weighted by Crippen LogP contribution is 2.20. The molecule has 0 aromatic rings. The molecule has 0 unspecified atom stereocenters. The van der Waals surface area contributed by atoms with Gasteiger partial charge in [-0.2, -0.15) is 0 Å². The normalized spacial score (nSPS) is 10.9. The molecule has 0 heterocycles. The van der Waals surface area contributed by atoms with Gasteiger partial charge < -0.3 is 0 Å². The summed E-state index contributed by atoms with van der Waals surface area (Å²) in [5.41, 5.74) is 0. The monoisotopic (exact) mass is 313 g/mol. The van der Waals surface area contributed by atoms with Crippen molar-refractivity contribution in [1.29, 1.82) is 0 Å². The summed E-state index contributed by atoms with van der Waals surface area (Å²) >= 11 is 0. The van der Waals surface area contributed by atoms with Crippen molar-refractivity contribution >= 4 is 5.97 Å². The molecule has 0 amide bonds. The average Bonchev–Trinajstić information content (AvgIpc) is 2.52. The van der Waals surface area contributed by atoms with Crippen molar-refractivity contribution in [3.63, 3.8) is 0 Å². The lowest BCUT2D eigenvalue weighted by atomic mass is 9.94. The maximum absolute atomic E-state index is 11.8. The standard InChI is InChI=1S/C18H35NO3/c1-3-5-7-9-11-13-15-17(18(20)22-19-21)16-14-12-10-8-6-4-2/h17H,3-16H2,1-2H3. The maximum Gasteiger partial charge on any atom is 0.341 e. The minimum atomic E-state index is -0.433. The van der Waals surface area contributed by atoms with Crippen LogP contribution in [0.25, 0.3) is 0 Å². The number of rotatable bonds is 16. The maximum atomic E-state index is 11.8. The molecule has 130 valence electrons. The molecular weight excluding hydrogens is 278 g/mol. The van der Waals surface area contributed by atoms with E-state index in [1.165, 1.54) is 51.4 Å². The first kappa shape index (κ1) is 21.1. The second kappa shape index (κ2) is 16.4. The van der Waals surface area contributed by atoms with E-state index < -0.39 is 5.97 Å². The van der Waals surface area contributed by atoms with E-state index in [0.717, 1.165) is 38.5 Å². The molecule has 4 heteroatoms. The van der Waals surface area contributed by atoms with Crippen LogP contribution < -0.4 is 0 Å². The molecule has 0 saturated heterocycles. The van der Waals surface area contributed by atoms with E-state index in [0.29, 0.717) is 0 Å². The molecule has 0 fully saturated rings. The van der Waals surface area contributed by atoms with Gasteiger partial charge in [0.2, 0.25) is 0 Å². The van der Waals surface area contributed by atoms with Crippen LogP contribution in [0.1, 0.15) is 104 Å². The largest absolute Gasteiger partial charge is 0.341 e. The van der Waals surface area contributed by atoms with Crippen LogP contribution in [0, 0.1) is 10.8 Å². The van der Waals surface area contributed by atoms with Crippen molar-refractivity contribution in [2.24, 2.45) is 11.3 Å². The molecule has 0 aromatic heterocycles. The van der Waals surface area contributed by atoms with E-state index in [1.807, 2.05) is 0 Å². The van der Waals surface area contributed by atoms with Crippen LogP contribution in [0.2, 0.25) is 0 Å². The van der Waals surface area contributed by atoms with Crippen molar-refractivity contribution in [3.8, 4) is 0 Å². The molecule has 0 aromatic carbocycles. The first-order valence-electron chi connectivity index (χ1n) is 9.29. The molecule has 0 aliphatic carbocycles. The zero-order valence-corrected chi connectivity index (χ0v) is 14.6. The molecule has 0 atom stereocenters. The number of unbranched alkanes of at least 4 members (excludes halogenated alkanes) is 10. The Morgan fingerprint density at radius 2 is 1.18 bits per heavy atom. The van der Waals surface area contributed by atoms with Crippen LogP contribution >= 0.6 is 0 Å². The van der Waals surface area contributed by atoms with Crippen LogP contribution in [0.3, 0.4) is 0 Å². The predicted octanol–water partition coefficient (Wildman–Crippen LogP) is 6.33. The second-order valence-electron chi connectivity index (χ2n) is 6.29. The van der Waals surface area contributed by atoms with Gasteiger partial charge in [-0.15, -0.1) is 4.91 Å². The zero-order valence-electron chi connectivity index (χ0n) is 14.6. The molecule has 0 bridgehead atoms. The molecule has 0 aliphatic heterocycles. The number of hydrogen-bond acceptors (Lipinski definition) is 4. The lowest BCUT2D eigenvalue weighted by molar-refractivity contribution is -0.149. The van der Waals surface area contributed by atoms with Gasteiger partial charge in [-0.25, -0.2) is 4.79 Å². The molecule has 0 rings (SSSR count). The highest BCUT2D eigenvalue weighted by molar-refractivity contribution is 5.72. The fourth-order valence-electron chi connectivity index (χ4n) is 2.83. The van der Waals surface area contributed by atoms with Crippen LogP contribution in [0.5, 0.6) is 0 Å². The van der Waals surface area contributed by atoms with Crippen molar-refractivity contribution in [2.75, 3.05) is 0 Å². The molecule has 0 radical (unpaired) electrons. The molecule has 0 spiro atoms. The van der Waals surface area contributed by atoms with Crippen molar-refractivity contribution < 1.29 is 9.63 Å². The second-order valence-corrected chi connectivity index (χ2v) is 6.29. The summed E-state index contributed by atoms with van der Waals surface area (Å²) in [5, 5.41) is 2.29. The van der Waals surface area contributed by atoms with Crippen molar-refractivity contribution in [3.05, 3.63) is 4.91 Å². The molecule has 0 aliphatic rings. The van der Waals surface area contributed by atoms with Crippen LogP contribution in [-0.4, -0.2) is 5.97 Å². The molecule has 0 N–H and O–H groups in total. The van der Waals surface area contributed by atoms with E-state index in [-0.39, 0.29) is 5.92 Å². The van der Waals surface area contributed by atoms with E-state index in [9.17, 15) is 9.70 Å². The highest BCUT2D eigenvalue weighted by Gasteiger charge is 2.20. The SMILES string of the molecule is CCCCCCCCC(CCCCCCCC)C(=O)ON=O. The summed E-state index contributed by atoms with van der Waals surface area (Å²) in [4.78, 5) is 26.2. The first-order valence-corrected chi connectivity index (χ1v) is 9.29. The van der Waals surface area contributed by atoms with Gasteiger partial charge in [0.1, 0.15) is 0 Å². The third-order valence-corrected chi connectivity index (χ3v) is 4.27. The average molecular weight is 313 g/mol. The van der Waals surface area contributed by atoms with Gasteiger partial charge in [-0.3, -0.25) is 4.84 Å². The Hall–Kier alpha value is -0.930. The quantitative estimate of drug-likeness (QED) is 0.190. The Morgan fingerprint density at radius 1 is 0.773 bits per heavy atom. The van der Waals surface area contributed by atoms with Gasteiger partial charge in [-0.05, 0) is 12.8 Å². The van der Waals surface area contributed by atoms with Crippen molar-refractivity contribution in [1.82, 2.24) is 0 Å². The number of carbonyl (C=O) groups is 1. The lowest BCUT2D eigenvalue weighted by Crippen LogP contribution is -2.15. The van der Waals surface area contributed by atoms with Gasteiger partial charge in [0.15, 0.2) is 5.34 Å². The highest BCUT2D eigenvalue weighted by atomic mass is 16.7. The van der Waals surface area contributed by atoms with Gasteiger partial charge >= 0.3 is 5.97 Å². The topological polar surface area (TPSA) is 55.7 Å².